The lowest BCUT2D eigenvalue weighted by Gasteiger charge is -2.36. The van der Waals surface area contributed by atoms with Crippen molar-refractivity contribution >= 4 is 22.1 Å². The summed E-state index contributed by atoms with van der Waals surface area (Å²) in [4.78, 5) is 24.7. The fourth-order valence-electron chi connectivity index (χ4n) is 2.21. The molecule has 1 amide bonds. The molecule has 1 aliphatic heterocycles. The van der Waals surface area contributed by atoms with Gasteiger partial charge in [0.05, 0.1) is 6.26 Å². The summed E-state index contributed by atoms with van der Waals surface area (Å²) in [6, 6.07) is -0.927. The second kappa shape index (κ2) is 7.45. The maximum Gasteiger partial charge on any atom is 0.407 e. The third-order valence-corrected chi connectivity index (χ3v) is 4.61. The van der Waals surface area contributed by atoms with Crippen molar-refractivity contribution in [3.05, 3.63) is 0 Å². The lowest BCUT2D eigenvalue weighted by atomic mass is 10.2. The highest BCUT2D eigenvalue weighted by Gasteiger charge is 2.32. The van der Waals surface area contributed by atoms with Crippen molar-refractivity contribution in [2.75, 3.05) is 39.0 Å². The number of nitrogens with one attached hydrogen (secondary N) is 1. The highest BCUT2D eigenvalue weighted by Crippen LogP contribution is 2.10. The number of ether oxygens (including phenoxy) is 1. The summed E-state index contributed by atoms with van der Waals surface area (Å²) < 4.78 is 29.3. The first kappa shape index (κ1) is 19.7. The molecule has 0 aliphatic carbocycles. The Bertz CT molecular complexity index is 534. The van der Waals surface area contributed by atoms with Gasteiger partial charge in [-0.25, -0.2) is 13.2 Å². The SMILES string of the molecule is CC(C)(C)OC(=O)NC[C@@H](C(=O)O)N1CCN(S(C)(=O)=O)CC1. The molecule has 0 aromatic heterocycles. The second-order valence-corrected chi connectivity index (χ2v) is 8.42. The Kier molecular flexibility index (Phi) is 6.37. The number of carbonyl (C=O) groups is 2. The third kappa shape index (κ3) is 6.71. The van der Waals surface area contributed by atoms with Crippen molar-refractivity contribution in [2.24, 2.45) is 0 Å². The molecule has 0 unspecified atom stereocenters. The van der Waals surface area contributed by atoms with E-state index in [0.29, 0.717) is 13.1 Å². The van der Waals surface area contributed by atoms with Crippen LogP contribution in [0.25, 0.3) is 0 Å². The summed E-state index contributed by atoms with van der Waals surface area (Å²) in [5.74, 6) is -1.08. The maximum absolute atomic E-state index is 11.6. The van der Waals surface area contributed by atoms with Gasteiger partial charge >= 0.3 is 12.1 Å². The number of hydrogen-bond acceptors (Lipinski definition) is 6. The Morgan fingerprint density at radius 1 is 1.22 bits per heavy atom. The van der Waals surface area contributed by atoms with Crippen LogP contribution in [-0.4, -0.2) is 85.4 Å². The number of sulfonamides is 1. The molecular formula is C13H25N3O6S. The van der Waals surface area contributed by atoms with Gasteiger partial charge in [0, 0.05) is 32.7 Å². The number of amides is 1. The van der Waals surface area contributed by atoms with Crippen LogP contribution in [-0.2, 0) is 19.6 Å². The minimum absolute atomic E-state index is 0.108. The Balaban J connectivity index is 2.57. The molecule has 10 heteroatoms. The molecule has 2 N–H and O–H groups in total. The van der Waals surface area contributed by atoms with Gasteiger partial charge in [-0.3, -0.25) is 9.69 Å². The Labute approximate surface area is 136 Å². The third-order valence-electron chi connectivity index (χ3n) is 3.31. The van der Waals surface area contributed by atoms with Crippen molar-refractivity contribution in [3.63, 3.8) is 0 Å². The molecule has 0 saturated carbocycles. The summed E-state index contributed by atoms with van der Waals surface area (Å²) in [7, 11) is -3.27. The van der Waals surface area contributed by atoms with E-state index in [1.54, 1.807) is 25.7 Å². The lowest BCUT2D eigenvalue weighted by molar-refractivity contribution is -0.143. The van der Waals surface area contributed by atoms with E-state index in [0.717, 1.165) is 6.26 Å². The number of rotatable bonds is 5. The van der Waals surface area contributed by atoms with Crippen molar-refractivity contribution < 1.29 is 27.9 Å². The highest BCUT2D eigenvalue weighted by molar-refractivity contribution is 7.88. The summed E-state index contributed by atoms with van der Waals surface area (Å²) in [5, 5.41) is 11.8. The first-order chi connectivity index (χ1) is 10.4. The fourth-order valence-corrected chi connectivity index (χ4v) is 3.04. The van der Waals surface area contributed by atoms with Crippen LogP contribution in [0.15, 0.2) is 0 Å². The summed E-state index contributed by atoms with van der Waals surface area (Å²) >= 11 is 0. The van der Waals surface area contributed by atoms with Crippen LogP contribution in [0.3, 0.4) is 0 Å². The fraction of sp³-hybridized carbons (Fsp3) is 0.846. The smallest absolute Gasteiger partial charge is 0.407 e. The van der Waals surface area contributed by atoms with Crippen molar-refractivity contribution in [1.82, 2.24) is 14.5 Å². The van der Waals surface area contributed by atoms with E-state index in [9.17, 15) is 23.1 Å². The zero-order valence-corrected chi connectivity index (χ0v) is 14.7. The Morgan fingerprint density at radius 2 is 1.74 bits per heavy atom. The molecule has 9 nitrogen and oxygen atoms in total. The molecule has 1 aliphatic rings. The van der Waals surface area contributed by atoms with Gasteiger partial charge in [0.15, 0.2) is 0 Å². The minimum atomic E-state index is -3.27. The largest absolute Gasteiger partial charge is 0.480 e. The Morgan fingerprint density at radius 3 is 2.13 bits per heavy atom. The number of alkyl carbamates (subject to hydrolysis) is 1. The molecule has 1 fully saturated rings. The molecule has 1 rings (SSSR count). The molecule has 134 valence electrons. The number of carboxylic acids is 1. The van der Waals surface area contributed by atoms with E-state index >= 15 is 0 Å². The number of nitrogens with zero attached hydrogens (tertiary/aromatic N) is 2. The predicted molar refractivity (Wildman–Crippen MR) is 83.7 cm³/mol. The zero-order valence-electron chi connectivity index (χ0n) is 13.9. The van der Waals surface area contributed by atoms with E-state index in [1.807, 2.05) is 0 Å². The Hall–Kier alpha value is -1.39. The van der Waals surface area contributed by atoms with E-state index in [-0.39, 0.29) is 19.6 Å². The van der Waals surface area contributed by atoms with Gasteiger partial charge in [0.2, 0.25) is 10.0 Å². The normalized spacial score (nSPS) is 19.1. The summed E-state index contributed by atoms with van der Waals surface area (Å²) in [6.07, 6.45) is 0.444. The molecule has 1 saturated heterocycles. The first-order valence-electron chi connectivity index (χ1n) is 7.29. The molecule has 23 heavy (non-hydrogen) atoms. The van der Waals surface area contributed by atoms with Crippen molar-refractivity contribution in [2.45, 2.75) is 32.4 Å². The number of hydrogen-bond donors (Lipinski definition) is 2. The van der Waals surface area contributed by atoms with Crippen LogP contribution < -0.4 is 5.32 Å². The summed E-state index contributed by atoms with van der Waals surface area (Å²) in [5.41, 5.74) is -0.663. The van der Waals surface area contributed by atoms with E-state index in [1.165, 1.54) is 4.31 Å². The number of carboxylic acid groups (broad SMARTS) is 1. The van der Waals surface area contributed by atoms with Gasteiger partial charge in [-0.2, -0.15) is 4.31 Å². The van der Waals surface area contributed by atoms with E-state index in [4.69, 9.17) is 4.74 Å². The average molecular weight is 351 g/mol. The second-order valence-electron chi connectivity index (χ2n) is 6.43. The maximum atomic E-state index is 11.6. The monoisotopic (exact) mass is 351 g/mol. The van der Waals surface area contributed by atoms with E-state index in [2.05, 4.69) is 5.32 Å². The first-order valence-corrected chi connectivity index (χ1v) is 9.14. The molecule has 0 bridgehead atoms. The predicted octanol–water partition coefficient (Wildman–Crippen LogP) is -0.458. The number of carbonyl (C=O) groups excluding carboxylic acids is 1. The van der Waals surface area contributed by atoms with Gasteiger partial charge in [0.1, 0.15) is 11.6 Å². The van der Waals surface area contributed by atoms with Gasteiger partial charge in [0.25, 0.3) is 0 Å². The molecule has 0 aromatic rings. The standard InChI is InChI=1S/C13H25N3O6S/c1-13(2,3)22-12(19)14-9-10(11(17)18)15-5-7-16(8-6-15)23(4,20)21/h10H,5-9H2,1-4H3,(H,14,19)(H,17,18)/t10-/m0/s1. The van der Waals surface area contributed by atoms with Gasteiger partial charge in [-0.1, -0.05) is 0 Å². The van der Waals surface area contributed by atoms with Gasteiger partial charge < -0.3 is 15.2 Å². The molecule has 0 spiro atoms. The molecule has 0 aromatic carbocycles. The van der Waals surface area contributed by atoms with Crippen molar-refractivity contribution in [3.8, 4) is 0 Å². The number of aliphatic carboxylic acids is 1. The molecular weight excluding hydrogens is 326 g/mol. The molecule has 0 radical (unpaired) electrons. The lowest BCUT2D eigenvalue weighted by Crippen LogP contribution is -2.56. The van der Waals surface area contributed by atoms with Crippen molar-refractivity contribution in [1.29, 1.82) is 0 Å². The van der Waals surface area contributed by atoms with Crippen LogP contribution in [0.2, 0.25) is 0 Å². The van der Waals surface area contributed by atoms with Gasteiger partial charge in [-0.15, -0.1) is 0 Å². The van der Waals surface area contributed by atoms with Crippen LogP contribution in [0, 0.1) is 0 Å². The quantitative estimate of drug-likeness (QED) is 0.688. The van der Waals surface area contributed by atoms with Crippen LogP contribution in [0.4, 0.5) is 4.79 Å². The topological polar surface area (TPSA) is 116 Å². The van der Waals surface area contributed by atoms with Gasteiger partial charge in [-0.05, 0) is 20.8 Å². The summed E-state index contributed by atoms with van der Waals surface area (Å²) in [6.45, 7) is 6.08. The number of piperazine rings is 1. The average Bonchev–Trinajstić information content (AvgIpc) is 2.35. The van der Waals surface area contributed by atoms with Crippen LogP contribution >= 0.6 is 0 Å². The van der Waals surface area contributed by atoms with E-state index < -0.39 is 33.7 Å². The van der Waals surface area contributed by atoms with Crippen LogP contribution in [0.1, 0.15) is 20.8 Å². The molecule has 1 atom stereocenters. The van der Waals surface area contributed by atoms with Crippen LogP contribution in [0.5, 0.6) is 0 Å². The zero-order chi connectivity index (χ0) is 17.8. The molecule has 1 heterocycles. The minimum Gasteiger partial charge on any atom is -0.480 e. The highest BCUT2D eigenvalue weighted by atomic mass is 32.2.